The topological polar surface area (TPSA) is 70.6 Å². The second-order valence-corrected chi connectivity index (χ2v) is 4.59. The highest BCUT2D eigenvalue weighted by Gasteiger charge is 2.15. The van der Waals surface area contributed by atoms with E-state index in [2.05, 4.69) is 10.6 Å². The van der Waals surface area contributed by atoms with Crippen molar-refractivity contribution in [2.75, 3.05) is 26.9 Å². The van der Waals surface area contributed by atoms with Crippen LogP contribution in [0.5, 0.6) is 0 Å². The van der Waals surface area contributed by atoms with Gasteiger partial charge in [-0.25, -0.2) is 0 Å². The third-order valence-electron chi connectivity index (χ3n) is 3.09. The molecule has 0 bridgehead atoms. The lowest BCUT2D eigenvalue weighted by Crippen LogP contribution is -2.41. The molecule has 1 amide bonds. The molecule has 0 radical (unpaired) electrons. The van der Waals surface area contributed by atoms with Gasteiger partial charge in [0.25, 0.3) is 0 Å². The van der Waals surface area contributed by atoms with Crippen LogP contribution in [0.3, 0.4) is 0 Å². The Morgan fingerprint density at radius 3 is 3.00 bits per heavy atom. The largest absolute Gasteiger partial charge is 0.394 e. The predicted molar refractivity (Wildman–Crippen MR) is 65.8 cm³/mol. The number of nitrogens with one attached hydrogen (secondary N) is 2. The van der Waals surface area contributed by atoms with Crippen molar-refractivity contribution < 1.29 is 14.6 Å². The molecule has 5 heteroatoms. The summed E-state index contributed by atoms with van der Waals surface area (Å²) in [6.45, 7) is 1.33. The lowest BCUT2D eigenvalue weighted by molar-refractivity contribution is -0.122. The normalized spacial score (nSPS) is 22.1. The Bertz CT molecular complexity index is 218. The molecule has 1 aliphatic rings. The Morgan fingerprint density at radius 1 is 1.59 bits per heavy atom. The summed E-state index contributed by atoms with van der Waals surface area (Å²) >= 11 is 0. The van der Waals surface area contributed by atoms with E-state index in [4.69, 9.17) is 9.84 Å². The summed E-state index contributed by atoms with van der Waals surface area (Å²) in [5.41, 5.74) is 0. The highest BCUT2D eigenvalue weighted by Crippen LogP contribution is 2.11. The van der Waals surface area contributed by atoms with Gasteiger partial charge in [-0.1, -0.05) is 6.42 Å². The van der Waals surface area contributed by atoms with E-state index in [1.54, 1.807) is 7.11 Å². The maximum Gasteiger partial charge on any atom is 0.220 e. The Balaban J connectivity index is 2.14. The fourth-order valence-electron chi connectivity index (χ4n) is 2.12. The van der Waals surface area contributed by atoms with Crippen LogP contribution in [0.1, 0.15) is 32.1 Å². The molecule has 0 aromatic rings. The van der Waals surface area contributed by atoms with Crippen LogP contribution >= 0.6 is 0 Å². The number of piperidine rings is 1. The smallest absolute Gasteiger partial charge is 0.220 e. The SMILES string of the molecule is COCC(CO)NC(=O)CCC1CCCCN1. The zero-order valence-corrected chi connectivity index (χ0v) is 10.6. The maximum absolute atomic E-state index is 11.6. The zero-order chi connectivity index (χ0) is 12.5. The molecule has 3 N–H and O–H groups in total. The maximum atomic E-state index is 11.6. The van der Waals surface area contributed by atoms with Gasteiger partial charge in [0.2, 0.25) is 5.91 Å². The summed E-state index contributed by atoms with van der Waals surface area (Å²) in [4.78, 5) is 11.6. The van der Waals surface area contributed by atoms with Crippen LogP contribution in [-0.4, -0.2) is 50.0 Å². The van der Waals surface area contributed by atoms with Crippen molar-refractivity contribution >= 4 is 5.91 Å². The van der Waals surface area contributed by atoms with Crippen LogP contribution in [0.4, 0.5) is 0 Å². The third kappa shape index (κ3) is 6.00. The minimum absolute atomic E-state index is 0.00604. The van der Waals surface area contributed by atoms with Gasteiger partial charge in [-0.2, -0.15) is 0 Å². The van der Waals surface area contributed by atoms with E-state index in [-0.39, 0.29) is 18.6 Å². The van der Waals surface area contributed by atoms with Crippen molar-refractivity contribution in [1.29, 1.82) is 0 Å². The molecule has 1 saturated heterocycles. The van der Waals surface area contributed by atoms with Gasteiger partial charge in [0, 0.05) is 19.6 Å². The highest BCUT2D eigenvalue weighted by molar-refractivity contribution is 5.76. The zero-order valence-electron chi connectivity index (χ0n) is 10.6. The van der Waals surface area contributed by atoms with Crippen LogP contribution in [0, 0.1) is 0 Å². The van der Waals surface area contributed by atoms with Crippen LogP contribution in [0.25, 0.3) is 0 Å². The lowest BCUT2D eigenvalue weighted by Gasteiger charge is -2.23. The Labute approximate surface area is 103 Å². The average Bonchev–Trinajstić information content (AvgIpc) is 2.37. The third-order valence-corrected chi connectivity index (χ3v) is 3.09. The number of aliphatic hydroxyl groups is 1. The van der Waals surface area contributed by atoms with Gasteiger partial charge in [-0.3, -0.25) is 4.79 Å². The summed E-state index contributed by atoms with van der Waals surface area (Å²) in [6, 6.07) is 0.191. The van der Waals surface area contributed by atoms with Crippen molar-refractivity contribution in [2.24, 2.45) is 0 Å². The van der Waals surface area contributed by atoms with Crippen molar-refractivity contribution in [3.8, 4) is 0 Å². The lowest BCUT2D eigenvalue weighted by atomic mass is 10.0. The number of hydrogen-bond donors (Lipinski definition) is 3. The molecule has 0 aromatic carbocycles. The minimum Gasteiger partial charge on any atom is -0.394 e. The molecule has 2 unspecified atom stereocenters. The van der Waals surface area contributed by atoms with Crippen LogP contribution in [-0.2, 0) is 9.53 Å². The Kier molecular flexibility index (Phi) is 7.16. The Morgan fingerprint density at radius 2 is 2.41 bits per heavy atom. The summed E-state index contributed by atoms with van der Waals surface area (Å²) in [6.07, 6.45) is 5.04. The number of ether oxygens (including phenoxy) is 1. The van der Waals surface area contributed by atoms with Crippen molar-refractivity contribution in [3.05, 3.63) is 0 Å². The van der Waals surface area contributed by atoms with Gasteiger partial charge >= 0.3 is 0 Å². The van der Waals surface area contributed by atoms with Gasteiger partial charge in [0.05, 0.1) is 19.3 Å². The van der Waals surface area contributed by atoms with E-state index >= 15 is 0 Å². The van der Waals surface area contributed by atoms with Crippen molar-refractivity contribution in [3.63, 3.8) is 0 Å². The fraction of sp³-hybridized carbons (Fsp3) is 0.917. The monoisotopic (exact) mass is 244 g/mol. The number of carbonyl (C=O) groups excluding carboxylic acids is 1. The molecule has 5 nitrogen and oxygen atoms in total. The summed E-state index contributed by atoms with van der Waals surface area (Å²) in [7, 11) is 1.56. The number of amides is 1. The molecule has 17 heavy (non-hydrogen) atoms. The molecule has 1 heterocycles. The Hall–Kier alpha value is -0.650. The van der Waals surface area contributed by atoms with E-state index < -0.39 is 0 Å². The molecule has 1 aliphatic heterocycles. The van der Waals surface area contributed by atoms with Gasteiger partial charge in [0.1, 0.15) is 0 Å². The summed E-state index contributed by atoms with van der Waals surface area (Å²) in [5.74, 6) is -0.00604. The van der Waals surface area contributed by atoms with Crippen LogP contribution < -0.4 is 10.6 Å². The first-order valence-electron chi connectivity index (χ1n) is 6.38. The van der Waals surface area contributed by atoms with E-state index in [9.17, 15) is 4.79 Å². The first kappa shape index (κ1) is 14.4. The van der Waals surface area contributed by atoms with Crippen molar-refractivity contribution in [1.82, 2.24) is 10.6 Å². The number of rotatable bonds is 7. The second-order valence-electron chi connectivity index (χ2n) is 4.59. The number of aliphatic hydroxyl groups excluding tert-OH is 1. The standard InChI is InChI=1S/C12H24N2O3/c1-17-9-11(8-15)14-12(16)6-5-10-4-2-3-7-13-10/h10-11,13,15H,2-9H2,1H3,(H,14,16). The molecule has 0 aromatic heterocycles. The van der Waals surface area contributed by atoms with Crippen LogP contribution in [0.2, 0.25) is 0 Å². The van der Waals surface area contributed by atoms with E-state index in [1.165, 1.54) is 12.8 Å². The second kappa shape index (κ2) is 8.44. The fourth-order valence-corrected chi connectivity index (χ4v) is 2.12. The molecule has 0 spiro atoms. The van der Waals surface area contributed by atoms with Gasteiger partial charge in [-0.05, 0) is 25.8 Å². The molecule has 2 atom stereocenters. The average molecular weight is 244 g/mol. The molecule has 1 rings (SSSR count). The van der Waals surface area contributed by atoms with E-state index in [0.29, 0.717) is 19.1 Å². The quantitative estimate of drug-likeness (QED) is 0.591. The number of hydrogen-bond acceptors (Lipinski definition) is 4. The van der Waals surface area contributed by atoms with Crippen molar-refractivity contribution in [2.45, 2.75) is 44.2 Å². The molecule has 0 saturated carbocycles. The molecular formula is C12H24N2O3. The molecule has 1 fully saturated rings. The van der Waals surface area contributed by atoms with E-state index in [1.807, 2.05) is 0 Å². The van der Waals surface area contributed by atoms with Gasteiger partial charge in [-0.15, -0.1) is 0 Å². The highest BCUT2D eigenvalue weighted by atomic mass is 16.5. The number of carbonyl (C=O) groups is 1. The molecule has 100 valence electrons. The predicted octanol–water partition coefficient (Wildman–Crippen LogP) is 0.0322. The molecular weight excluding hydrogens is 220 g/mol. The minimum atomic E-state index is -0.285. The molecule has 0 aliphatic carbocycles. The summed E-state index contributed by atoms with van der Waals surface area (Å²) in [5, 5.41) is 15.2. The first-order chi connectivity index (χ1) is 8.26. The summed E-state index contributed by atoms with van der Waals surface area (Å²) < 4.78 is 4.90. The van der Waals surface area contributed by atoms with E-state index in [0.717, 1.165) is 19.4 Å². The number of methoxy groups -OCH3 is 1. The van der Waals surface area contributed by atoms with Gasteiger partial charge < -0.3 is 20.5 Å². The first-order valence-corrected chi connectivity index (χ1v) is 6.38. The van der Waals surface area contributed by atoms with Crippen LogP contribution in [0.15, 0.2) is 0 Å². The van der Waals surface area contributed by atoms with Gasteiger partial charge in [0.15, 0.2) is 0 Å².